The standard InChI is InChI=1S/C24H22BrN3O/c1-28-23(20-10-12-21(25)13-11-20)16-27-24(28)26-15-19-8-5-9-22(14-19)29-17-18-6-3-2-4-7-18/h2-14,16H,15,17H2,1H3,(H,26,27). The van der Waals surface area contributed by atoms with E-state index in [9.17, 15) is 0 Å². The van der Waals surface area contributed by atoms with E-state index in [1.807, 2.05) is 55.7 Å². The average Bonchev–Trinajstić information content (AvgIpc) is 3.13. The van der Waals surface area contributed by atoms with E-state index in [0.29, 0.717) is 13.2 Å². The summed E-state index contributed by atoms with van der Waals surface area (Å²) in [6, 6.07) is 26.6. The molecular formula is C24H22BrN3O. The van der Waals surface area contributed by atoms with Gasteiger partial charge in [0.15, 0.2) is 0 Å². The van der Waals surface area contributed by atoms with Crippen LogP contribution in [-0.2, 0) is 20.2 Å². The largest absolute Gasteiger partial charge is 0.489 e. The van der Waals surface area contributed by atoms with Gasteiger partial charge in [-0.15, -0.1) is 0 Å². The van der Waals surface area contributed by atoms with Gasteiger partial charge >= 0.3 is 0 Å². The molecule has 4 nitrogen and oxygen atoms in total. The van der Waals surface area contributed by atoms with Gasteiger partial charge in [-0.2, -0.15) is 0 Å². The van der Waals surface area contributed by atoms with Gasteiger partial charge in [-0.05, 0) is 41.0 Å². The highest BCUT2D eigenvalue weighted by molar-refractivity contribution is 9.10. The molecule has 0 amide bonds. The maximum absolute atomic E-state index is 5.93. The lowest BCUT2D eigenvalue weighted by Crippen LogP contribution is -2.06. The number of hydrogen-bond donors (Lipinski definition) is 1. The first-order chi connectivity index (χ1) is 14.2. The smallest absolute Gasteiger partial charge is 0.203 e. The fourth-order valence-electron chi connectivity index (χ4n) is 3.13. The Labute approximate surface area is 179 Å². The van der Waals surface area contributed by atoms with Crippen LogP contribution in [0.4, 0.5) is 5.95 Å². The number of anilines is 1. The molecule has 0 saturated heterocycles. The van der Waals surface area contributed by atoms with Crippen LogP contribution in [0.2, 0.25) is 0 Å². The van der Waals surface area contributed by atoms with Gasteiger partial charge in [0.05, 0.1) is 11.9 Å². The molecule has 0 aliphatic carbocycles. The summed E-state index contributed by atoms with van der Waals surface area (Å²) in [4.78, 5) is 4.54. The SMILES string of the molecule is Cn1c(-c2ccc(Br)cc2)cnc1NCc1cccc(OCc2ccccc2)c1. The second-order valence-electron chi connectivity index (χ2n) is 6.81. The van der Waals surface area contributed by atoms with Gasteiger partial charge in [0, 0.05) is 18.1 Å². The first kappa shape index (κ1) is 19.3. The van der Waals surface area contributed by atoms with E-state index in [2.05, 4.69) is 67.2 Å². The minimum absolute atomic E-state index is 0.563. The zero-order valence-electron chi connectivity index (χ0n) is 16.2. The number of rotatable bonds is 7. The molecule has 1 heterocycles. The predicted molar refractivity (Wildman–Crippen MR) is 121 cm³/mol. The summed E-state index contributed by atoms with van der Waals surface area (Å²) in [5.41, 5.74) is 4.50. The molecule has 0 radical (unpaired) electrons. The van der Waals surface area contributed by atoms with Gasteiger partial charge in [0.2, 0.25) is 5.95 Å². The molecule has 0 spiro atoms. The third-order valence-corrected chi connectivity index (χ3v) is 5.25. The molecular weight excluding hydrogens is 426 g/mol. The third-order valence-electron chi connectivity index (χ3n) is 4.73. The molecule has 1 aromatic heterocycles. The summed E-state index contributed by atoms with van der Waals surface area (Å²) in [6.45, 7) is 1.24. The lowest BCUT2D eigenvalue weighted by Gasteiger charge is -2.10. The molecule has 0 bridgehead atoms. The van der Waals surface area contributed by atoms with Crippen LogP contribution in [0.3, 0.4) is 0 Å². The number of aromatic nitrogens is 2. The number of imidazole rings is 1. The van der Waals surface area contributed by atoms with Crippen LogP contribution in [0.1, 0.15) is 11.1 Å². The predicted octanol–water partition coefficient (Wildman–Crippen LogP) is 6.04. The topological polar surface area (TPSA) is 39.1 Å². The van der Waals surface area contributed by atoms with Crippen LogP contribution < -0.4 is 10.1 Å². The number of hydrogen-bond acceptors (Lipinski definition) is 3. The Kier molecular flexibility index (Phi) is 5.96. The summed E-state index contributed by atoms with van der Waals surface area (Å²) in [5.74, 6) is 1.70. The van der Waals surface area contributed by atoms with E-state index >= 15 is 0 Å². The molecule has 0 aliphatic rings. The van der Waals surface area contributed by atoms with Gasteiger partial charge in [0.25, 0.3) is 0 Å². The van der Waals surface area contributed by atoms with E-state index in [4.69, 9.17) is 4.74 Å². The zero-order valence-corrected chi connectivity index (χ0v) is 17.8. The van der Waals surface area contributed by atoms with Crippen LogP contribution in [0.5, 0.6) is 5.75 Å². The Balaban J connectivity index is 1.40. The van der Waals surface area contributed by atoms with Crippen LogP contribution >= 0.6 is 15.9 Å². The maximum atomic E-state index is 5.93. The van der Waals surface area contributed by atoms with E-state index in [0.717, 1.165) is 38.6 Å². The molecule has 0 saturated carbocycles. The lowest BCUT2D eigenvalue weighted by atomic mass is 10.2. The van der Waals surface area contributed by atoms with E-state index < -0.39 is 0 Å². The minimum Gasteiger partial charge on any atom is -0.489 e. The van der Waals surface area contributed by atoms with Crippen LogP contribution in [0.15, 0.2) is 89.5 Å². The number of nitrogens with zero attached hydrogens (tertiary/aromatic N) is 2. The van der Waals surface area contributed by atoms with E-state index in [-0.39, 0.29) is 0 Å². The summed E-state index contributed by atoms with van der Waals surface area (Å²) in [6.07, 6.45) is 1.89. The van der Waals surface area contributed by atoms with Gasteiger partial charge in [-0.1, -0.05) is 70.5 Å². The third kappa shape index (κ3) is 4.87. The highest BCUT2D eigenvalue weighted by atomic mass is 79.9. The van der Waals surface area contributed by atoms with Crippen molar-refractivity contribution in [3.63, 3.8) is 0 Å². The van der Waals surface area contributed by atoms with Crippen LogP contribution in [0.25, 0.3) is 11.3 Å². The molecule has 0 aliphatic heterocycles. The quantitative estimate of drug-likeness (QED) is 0.375. The summed E-state index contributed by atoms with van der Waals surface area (Å²) >= 11 is 3.48. The van der Waals surface area contributed by atoms with E-state index in [1.165, 1.54) is 0 Å². The molecule has 1 N–H and O–H groups in total. The molecule has 3 aromatic carbocycles. The van der Waals surface area contributed by atoms with Crippen molar-refractivity contribution in [2.45, 2.75) is 13.2 Å². The van der Waals surface area contributed by atoms with Gasteiger partial charge in [-0.3, -0.25) is 0 Å². The van der Waals surface area contributed by atoms with Gasteiger partial charge in [-0.25, -0.2) is 4.98 Å². The summed E-state index contributed by atoms with van der Waals surface area (Å²) in [7, 11) is 2.02. The van der Waals surface area contributed by atoms with E-state index in [1.54, 1.807) is 0 Å². The highest BCUT2D eigenvalue weighted by Gasteiger charge is 2.08. The van der Waals surface area contributed by atoms with Crippen molar-refractivity contribution in [1.29, 1.82) is 0 Å². The zero-order chi connectivity index (χ0) is 20.1. The Morgan fingerprint density at radius 2 is 1.69 bits per heavy atom. The first-order valence-corrected chi connectivity index (χ1v) is 10.3. The van der Waals surface area contributed by atoms with Crippen molar-refractivity contribution >= 4 is 21.9 Å². The molecule has 5 heteroatoms. The summed E-state index contributed by atoms with van der Waals surface area (Å²) < 4.78 is 9.06. The van der Waals surface area contributed by atoms with Crippen molar-refractivity contribution in [2.75, 3.05) is 5.32 Å². The summed E-state index contributed by atoms with van der Waals surface area (Å²) in [5, 5.41) is 3.42. The van der Waals surface area contributed by atoms with Crippen LogP contribution in [-0.4, -0.2) is 9.55 Å². The Bertz CT molecular complexity index is 1070. The van der Waals surface area contributed by atoms with Crippen molar-refractivity contribution < 1.29 is 4.74 Å². The Morgan fingerprint density at radius 1 is 0.931 bits per heavy atom. The molecule has 0 unspecified atom stereocenters. The number of nitrogens with one attached hydrogen (secondary N) is 1. The van der Waals surface area contributed by atoms with Crippen molar-refractivity contribution in [1.82, 2.24) is 9.55 Å². The highest BCUT2D eigenvalue weighted by Crippen LogP contribution is 2.24. The Hall–Kier alpha value is -3.05. The molecule has 29 heavy (non-hydrogen) atoms. The van der Waals surface area contributed by atoms with Crippen molar-refractivity contribution in [2.24, 2.45) is 7.05 Å². The second kappa shape index (κ2) is 8.97. The Morgan fingerprint density at radius 3 is 2.48 bits per heavy atom. The minimum atomic E-state index is 0.563. The molecule has 4 rings (SSSR count). The normalized spacial score (nSPS) is 10.7. The average molecular weight is 448 g/mol. The number of ether oxygens (including phenoxy) is 1. The van der Waals surface area contributed by atoms with Gasteiger partial charge < -0.3 is 14.6 Å². The lowest BCUT2D eigenvalue weighted by molar-refractivity contribution is 0.306. The number of benzene rings is 3. The molecule has 0 fully saturated rings. The molecule has 146 valence electrons. The fourth-order valence-corrected chi connectivity index (χ4v) is 3.39. The van der Waals surface area contributed by atoms with Crippen LogP contribution in [0, 0.1) is 0 Å². The van der Waals surface area contributed by atoms with Crippen molar-refractivity contribution in [3.05, 3.63) is 101 Å². The van der Waals surface area contributed by atoms with Crippen molar-refractivity contribution in [3.8, 4) is 17.0 Å². The number of halogens is 1. The molecule has 0 atom stereocenters. The second-order valence-corrected chi connectivity index (χ2v) is 7.72. The first-order valence-electron chi connectivity index (χ1n) is 9.46. The maximum Gasteiger partial charge on any atom is 0.203 e. The van der Waals surface area contributed by atoms with Gasteiger partial charge in [0.1, 0.15) is 12.4 Å². The monoisotopic (exact) mass is 447 g/mol. The fraction of sp³-hybridized carbons (Fsp3) is 0.125. The molecule has 4 aromatic rings.